The van der Waals surface area contributed by atoms with Crippen LogP contribution in [0.1, 0.15) is 28.8 Å². The average molecular weight is 336 g/mol. The minimum absolute atomic E-state index is 0.153. The van der Waals surface area contributed by atoms with Gasteiger partial charge in [0.1, 0.15) is 5.75 Å². The van der Waals surface area contributed by atoms with Crippen molar-refractivity contribution in [3.05, 3.63) is 53.6 Å². The van der Waals surface area contributed by atoms with Crippen LogP contribution in [0.5, 0.6) is 5.75 Å². The van der Waals surface area contributed by atoms with Crippen LogP contribution in [0.2, 0.25) is 0 Å². The number of benzene rings is 2. The number of anilines is 2. The van der Waals surface area contributed by atoms with Crippen LogP contribution in [0.3, 0.4) is 0 Å². The van der Waals surface area contributed by atoms with Gasteiger partial charge in [-0.05, 0) is 67.3 Å². The van der Waals surface area contributed by atoms with Gasteiger partial charge >= 0.3 is 0 Å². The summed E-state index contributed by atoms with van der Waals surface area (Å²) >= 11 is 0. The van der Waals surface area contributed by atoms with E-state index in [1.165, 1.54) is 0 Å². The van der Waals surface area contributed by atoms with Crippen LogP contribution in [0, 0.1) is 5.92 Å². The SMILES string of the molecule is COc1ccc(NC(=O)c2ccc3c(c2)CCN3C(=O)C2CC2)cc1. The molecule has 0 radical (unpaired) electrons. The Hall–Kier alpha value is -2.82. The van der Waals surface area contributed by atoms with Crippen molar-refractivity contribution in [1.29, 1.82) is 0 Å². The van der Waals surface area contributed by atoms with Crippen molar-refractivity contribution in [2.45, 2.75) is 19.3 Å². The molecule has 1 heterocycles. The number of rotatable bonds is 4. The quantitative estimate of drug-likeness (QED) is 0.932. The summed E-state index contributed by atoms with van der Waals surface area (Å²) in [6.07, 6.45) is 2.82. The first-order valence-electron chi connectivity index (χ1n) is 8.55. The van der Waals surface area contributed by atoms with Crippen molar-refractivity contribution in [2.24, 2.45) is 5.92 Å². The highest BCUT2D eigenvalue weighted by molar-refractivity contribution is 6.05. The lowest BCUT2D eigenvalue weighted by Gasteiger charge is -2.17. The number of carbonyl (C=O) groups excluding carboxylic acids is 2. The smallest absolute Gasteiger partial charge is 0.255 e. The maximum absolute atomic E-state index is 12.5. The fraction of sp³-hybridized carbons (Fsp3) is 0.300. The summed E-state index contributed by atoms with van der Waals surface area (Å²) < 4.78 is 5.11. The monoisotopic (exact) mass is 336 g/mol. The summed E-state index contributed by atoms with van der Waals surface area (Å²) in [6.45, 7) is 0.716. The van der Waals surface area contributed by atoms with E-state index in [0.717, 1.165) is 42.0 Å². The van der Waals surface area contributed by atoms with E-state index in [1.54, 1.807) is 37.4 Å². The summed E-state index contributed by atoms with van der Waals surface area (Å²) in [4.78, 5) is 26.7. The molecule has 0 atom stereocenters. The summed E-state index contributed by atoms with van der Waals surface area (Å²) in [7, 11) is 1.61. The molecule has 0 bridgehead atoms. The van der Waals surface area contributed by atoms with Gasteiger partial charge in [0, 0.05) is 29.4 Å². The second-order valence-electron chi connectivity index (χ2n) is 6.54. The molecule has 0 spiro atoms. The van der Waals surface area contributed by atoms with E-state index in [0.29, 0.717) is 12.1 Å². The summed E-state index contributed by atoms with van der Waals surface area (Å²) in [5, 5.41) is 2.89. The van der Waals surface area contributed by atoms with Gasteiger partial charge in [-0.1, -0.05) is 0 Å². The Bertz CT molecular complexity index is 825. The molecule has 4 rings (SSSR count). The van der Waals surface area contributed by atoms with Gasteiger partial charge in [-0.25, -0.2) is 0 Å². The van der Waals surface area contributed by atoms with E-state index in [2.05, 4.69) is 5.32 Å². The Kier molecular flexibility index (Phi) is 3.92. The lowest BCUT2D eigenvalue weighted by Crippen LogP contribution is -2.30. The van der Waals surface area contributed by atoms with E-state index in [9.17, 15) is 9.59 Å². The van der Waals surface area contributed by atoms with Crippen LogP contribution in [0.15, 0.2) is 42.5 Å². The molecule has 0 saturated heterocycles. The fourth-order valence-electron chi connectivity index (χ4n) is 3.20. The van der Waals surface area contributed by atoms with Crippen molar-refractivity contribution < 1.29 is 14.3 Å². The van der Waals surface area contributed by atoms with E-state index >= 15 is 0 Å². The van der Waals surface area contributed by atoms with Gasteiger partial charge in [-0.3, -0.25) is 9.59 Å². The van der Waals surface area contributed by atoms with Gasteiger partial charge in [0.05, 0.1) is 7.11 Å². The maximum Gasteiger partial charge on any atom is 0.255 e. The number of nitrogens with one attached hydrogen (secondary N) is 1. The number of methoxy groups -OCH3 is 1. The Morgan fingerprint density at radius 2 is 1.88 bits per heavy atom. The molecule has 2 amide bonds. The number of hydrogen-bond donors (Lipinski definition) is 1. The first-order chi connectivity index (χ1) is 12.2. The van der Waals surface area contributed by atoms with E-state index in [1.807, 2.05) is 17.0 Å². The standard InChI is InChI=1S/C20H20N2O3/c1-25-17-7-5-16(6-8-17)21-19(23)15-4-9-18-14(12-15)10-11-22(18)20(24)13-2-3-13/h4-9,12-13H,2-3,10-11H2,1H3,(H,21,23). The van der Waals surface area contributed by atoms with Crippen molar-refractivity contribution in [3.8, 4) is 5.75 Å². The van der Waals surface area contributed by atoms with Gasteiger partial charge in [0.2, 0.25) is 5.91 Å². The van der Waals surface area contributed by atoms with Gasteiger partial charge in [-0.15, -0.1) is 0 Å². The van der Waals surface area contributed by atoms with E-state index in [-0.39, 0.29) is 17.7 Å². The predicted molar refractivity (Wildman–Crippen MR) is 96.2 cm³/mol. The third-order valence-corrected chi connectivity index (χ3v) is 4.78. The Morgan fingerprint density at radius 3 is 2.56 bits per heavy atom. The van der Waals surface area contributed by atoms with Gasteiger partial charge in [0.15, 0.2) is 0 Å². The summed E-state index contributed by atoms with van der Waals surface area (Å²) in [5.41, 5.74) is 3.35. The highest BCUT2D eigenvalue weighted by Gasteiger charge is 2.36. The molecule has 25 heavy (non-hydrogen) atoms. The first kappa shape index (κ1) is 15.7. The molecule has 1 aliphatic heterocycles. The number of ether oxygens (including phenoxy) is 1. The number of carbonyl (C=O) groups is 2. The lowest BCUT2D eigenvalue weighted by molar-refractivity contribution is -0.119. The number of hydrogen-bond acceptors (Lipinski definition) is 3. The van der Waals surface area contributed by atoms with Crippen molar-refractivity contribution >= 4 is 23.2 Å². The topological polar surface area (TPSA) is 58.6 Å². The highest BCUT2D eigenvalue weighted by Crippen LogP contribution is 2.36. The average Bonchev–Trinajstić information content (AvgIpc) is 3.41. The second-order valence-corrected chi connectivity index (χ2v) is 6.54. The minimum atomic E-state index is -0.153. The van der Waals surface area contributed by atoms with Gasteiger partial charge in [-0.2, -0.15) is 0 Å². The number of fused-ring (bicyclic) bond motifs is 1. The molecular weight excluding hydrogens is 316 g/mol. The van der Waals surface area contributed by atoms with Crippen LogP contribution in [0.25, 0.3) is 0 Å². The molecule has 128 valence electrons. The zero-order valence-corrected chi connectivity index (χ0v) is 14.1. The van der Waals surface area contributed by atoms with Gasteiger partial charge < -0.3 is 15.0 Å². The zero-order valence-electron chi connectivity index (χ0n) is 14.1. The molecule has 5 heteroatoms. The van der Waals surface area contributed by atoms with Crippen molar-refractivity contribution in [1.82, 2.24) is 0 Å². The summed E-state index contributed by atoms with van der Waals surface area (Å²) in [5.74, 6) is 1.04. The second kappa shape index (κ2) is 6.24. The predicted octanol–water partition coefficient (Wildman–Crippen LogP) is 3.25. The molecule has 0 aromatic heterocycles. The number of amides is 2. The highest BCUT2D eigenvalue weighted by atomic mass is 16.5. The number of nitrogens with zero attached hydrogens (tertiary/aromatic N) is 1. The van der Waals surface area contributed by atoms with Crippen LogP contribution in [-0.4, -0.2) is 25.5 Å². The Balaban J connectivity index is 1.49. The Morgan fingerprint density at radius 1 is 1.12 bits per heavy atom. The molecular formula is C20H20N2O3. The third kappa shape index (κ3) is 3.09. The molecule has 1 fully saturated rings. The summed E-state index contributed by atoms with van der Waals surface area (Å²) in [6, 6.07) is 12.8. The van der Waals surface area contributed by atoms with E-state index in [4.69, 9.17) is 4.74 Å². The van der Waals surface area contributed by atoms with Crippen molar-refractivity contribution in [3.63, 3.8) is 0 Å². The van der Waals surface area contributed by atoms with Crippen LogP contribution in [-0.2, 0) is 11.2 Å². The normalized spacial score (nSPS) is 15.6. The first-order valence-corrected chi connectivity index (χ1v) is 8.55. The van der Waals surface area contributed by atoms with Crippen molar-refractivity contribution in [2.75, 3.05) is 23.9 Å². The molecule has 1 N–H and O–H groups in total. The Labute approximate surface area is 146 Å². The molecule has 2 aromatic rings. The third-order valence-electron chi connectivity index (χ3n) is 4.78. The molecule has 2 aromatic carbocycles. The zero-order chi connectivity index (χ0) is 17.4. The molecule has 5 nitrogen and oxygen atoms in total. The molecule has 2 aliphatic rings. The van der Waals surface area contributed by atoms with Crippen LogP contribution in [0.4, 0.5) is 11.4 Å². The van der Waals surface area contributed by atoms with Gasteiger partial charge in [0.25, 0.3) is 5.91 Å². The van der Waals surface area contributed by atoms with Crippen LogP contribution < -0.4 is 15.0 Å². The maximum atomic E-state index is 12.5. The van der Waals surface area contributed by atoms with Crippen LogP contribution >= 0.6 is 0 Å². The fourth-order valence-corrected chi connectivity index (χ4v) is 3.20. The minimum Gasteiger partial charge on any atom is -0.497 e. The molecule has 1 aliphatic carbocycles. The lowest BCUT2D eigenvalue weighted by atomic mass is 10.1. The van der Waals surface area contributed by atoms with E-state index < -0.39 is 0 Å². The molecule has 1 saturated carbocycles. The molecule has 0 unspecified atom stereocenters. The largest absolute Gasteiger partial charge is 0.497 e.